The van der Waals surface area contributed by atoms with Crippen LogP contribution >= 0.6 is 0 Å². The molecule has 0 radical (unpaired) electrons. The van der Waals surface area contributed by atoms with E-state index in [0.717, 1.165) is 0 Å². The minimum atomic E-state index is -1.05. The molecule has 1 aromatic carbocycles. The van der Waals surface area contributed by atoms with Crippen LogP contribution < -0.4 is 10.1 Å². The van der Waals surface area contributed by atoms with Crippen molar-refractivity contribution in [1.82, 2.24) is 0 Å². The molecule has 0 saturated carbocycles. The number of para-hydroxylation sites is 1. The van der Waals surface area contributed by atoms with Gasteiger partial charge in [-0.1, -0.05) is 6.07 Å². The van der Waals surface area contributed by atoms with E-state index in [0.29, 0.717) is 5.69 Å². The predicted molar refractivity (Wildman–Crippen MR) is 47.5 cm³/mol. The zero-order chi connectivity index (χ0) is 10.1. The first-order valence-corrected chi connectivity index (χ1v) is 3.99. The molecule has 0 amide bonds. The van der Waals surface area contributed by atoms with Crippen LogP contribution in [0.25, 0.3) is 0 Å². The minimum Gasteiger partial charge on any atom is -0.478 e. The lowest BCUT2D eigenvalue weighted by molar-refractivity contribution is -0.132. The SMILES string of the molecule is O=C1CNc2c(cccc2C(=O)O)O1. The van der Waals surface area contributed by atoms with E-state index in [9.17, 15) is 9.59 Å². The van der Waals surface area contributed by atoms with Crippen LogP contribution in [-0.4, -0.2) is 23.6 Å². The molecule has 0 aliphatic carbocycles. The van der Waals surface area contributed by atoms with Gasteiger partial charge >= 0.3 is 11.9 Å². The maximum Gasteiger partial charge on any atom is 0.337 e. The number of benzene rings is 1. The van der Waals surface area contributed by atoms with Gasteiger partial charge in [-0.2, -0.15) is 0 Å². The summed E-state index contributed by atoms with van der Waals surface area (Å²) in [6, 6.07) is 4.53. The maximum absolute atomic E-state index is 10.9. The molecule has 2 N–H and O–H groups in total. The van der Waals surface area contributed by atoms with Gasteiger partial charge in [0.25, 0.3) is 0 Å². The Bertz CT molecular complexity index is 413. The van der Waals surface area contributed by atoms with Crippen LogP contribution in [0, 0.1) is 0 Å². The molecule has 5 nitrogen and oxygen atoms in total. The lowest BCUT2D eigenvalue weighted by Crippen LogP contribution is -2.26. The number of hydrogen-bond acceptors (Lipinski definition) is 4. The van der Waals surface area contributed by atoms with Crippen LogP contribution in [0.5, 0.6) is 5.75 Å². The Morgan fingerprint density at radius 3 is 3.00 bits per heavy atom. The van der Waals surface area contributed by atoms with E-state index in [1.54, 1.807) is 6.07 Å². The first kappa shape index (κ1) is 8.55. The highest BCUT2D eigenvalue weighted by atomic mass is 16.5. The predicted octanol–water partition coefficient (Wildman–Crippen LogP) is 0.716. The summed E-state index contributed by atoms with van der Waals surface area (Å²) >= 11 is 0. The monoisotopic (exact) mass is 193 g/mol. The first-order chi connectivity index (χ1) is 6.68. The first-order valence-electron chi connectivity index (χ1n) is 3.99. The third-order valence-corrected chi connectivity index (χ3v) is 1.89. The number of nitrogens with one attached hydrogen (secondary N) is 1. The number of anilines is 1. The second kappa shape index (κ2) is 3.02. The largest absolute Gasteiger partial charge is 0.478 e. The summed E-state index contributed by atoms with van der Waals surface area (Å²) in [7, 11) is 0. The molecule has 0 spiro atoms. The average molecular weight is 193 g/mol. The summed E-state index contributed by atoms with van der Waals surface area (Å²) in [5.41, 5.74) is 0.467. The zero-order valence-corrected chi connectivity index (χ0v) is 7.11. The normalized spacial score (nSPS) is 13.9. The second-order valence-electron chi connectivity index (χ2n) is 2.81. The Balaban J connectivity index is 2.52. The van der Waals surface area contributed by atoms with Gasteiger partial charge in [0, 0.05) is 0 Å². The smallest absolute Gasteiger partial charge is 0.337 e. The molecule has 1 heterocycles. The third kappa shape index (κ3) is 1.28. The third-order valence-electron chi connectivity index (χ3n) is 1.89. The molecular formula is C9H7NO4. The van der Waals surface area contributed by atoms with Gasteiger partial charge in [0.05, 0.1) is 11.3 Å². The average Bonchev–Trinajstić information content (AvgIpc) is 2.16. The summed E-state index contributed by atoms with van der Waals surface area (Å²) < 4.78 is 4.86. The summed E-state index contributed by atoms with van der Waals surface area (Å²) in [4.78, 5) is 21.6. The molecule has 0 aromatic heterocycles. The van der Waals surface area contributed by atoms with Gasteiger partial charge < -0.3 is 15.2 Å². The van der Waals surface area contributed by atoms with Gasteiger partial charge in [0.15, 0.2) is 5.75 Å². The Morgan fingerprint density at radius 2 is 2.29 bits per heavy atom. The lowest BCUT2D eigenvalue weighted by Gasteiger charge is -2.18. The van der Waals surface area contributed by atoms with Crippen LogP contribution in [0.2, 0.25) is 0 Å². The number of carbonyl (C=O) groups excluding carboxylic acids is 1. The second-order valence-corrected chi connectivity index (χ2v) is 2.81. The standard InChI is InChI=1S/C9H7NO4/c11-7-4-10-8-5(9(12)13)2-1-3-6(8)14-7/h1-3,10H,4H2,(H,12,13). The van der Waals surface area contributed by atoms with Crippen LogP contribution in [0.4, 0.5) is 5.69 Å². The number of esters is 1. The summed E-state index contributed by atoms with van der Waals surface area (Å²) in [5, 5.41) is 11.5. The van der Waals surface area contributed by atoms with E-state index >= 15 is 0 Å². The number of rotatable bonds is 1. The van der Waals surface area contributed by atoms with Gasteiger partial charge in [-0.15, -0.1) is 0 Å². The van der Waals surface area contributed by atoms with Crippen molar-refractivity contribution in [2.45, 2.75) is 0 Å². The highest BCUT2D eigenvalue weighted by molar-refractivity contribution is 5.98. The summed E-state index contributed by atoms with van der Waals surface area (Å²) in [6.45, 7) is -0.00269. The molecule has 0 atom stereocenters. The van der Waals surface area contributed by atoms with Crippen LogP contribution in [-0.2, 0) is 4.79 Å². The number of aromatic carboxylic acids is 1. The molecule has 0 saturated heterocycles. The van der Waals surface area contributed by atoms with Crippen LogP contribution in [0.1, 0.15) is 10.4 Å². The van der Waals surface area contributed by atoms with Crippen molar-refractivity contribution in [1.29, 1.82) is 0 Å². The fourth-order valence-corrected chi connectivity index (χ4v) is 1.30. The highest BCUT2D eigenvalue weighted by Crippen LogP contribution is 2.30. The lowest BCUT2D eigenvalue weighted by atomic mass is 10.1. The molecule has 1 aliphatic heterocycles. The molecule has 0 fully saturated rings. The molecule has 0 unspecified atom stereocenters. The number of carbonyl (C=O) groups is 2. The highest BCUT2D eigenvalue weighted by Gasteiger charge is 2.21. The van der Waals surface area contributed by atoms with Crippen LogP contribution in [0.15, 0.2) is 18.2 Å². The van der Waals surface area contributed by atoms with Crippen molar-refractivity contribution in [3.8, 4) is 5.75 Å². The van der Waals surface area contributed by atoms with Gasteiger partial charge in [-0.05, 0) is 12.1 Å². The van der Waals surface area contributed by atoms with E-state index in [-0.39, 0.29) is 17.9 Å². The summed E-state index contributed by atoms with van der Waals surface area (Å²) in [6.07, 6.45) is 0. The Labute approximate surface area is 79.3 Å². The Morgan fingerprint density at radius 1 is 1.50 bits per heavy atom. The quantitative estimate of drug-likeness (QED) is 0.507. The van der Waals surface area contributed by atoms with Gasteiger partial charge in [0.1, 0.15) is 6.54 Å². The zero-order valence-electron chi connectivity index (χ0n) is 7.11. The molecule has 0 bridgehead atoms. The van der Waals surface area contributed by atoms with Crippen molar-refractivity contribution in [2.24, 2.45) is 0 Å². The molecule has 5 heteroatoms. The van der Waals surface area contributed by atoms with Gasteiger partial charge in [-0.25, -0.2) is 9.59 Å². The number of fused-ring (bicyclic) bond motifs is 1. The molecule has 14 heavy (non-hydrogen) atoms. The number of hydrogen-bond donors (Lipinski definition) is 2. The molecule has 1 aromatic rings. The van der Waals surface area contributed by atoms with Gasteiger partial charge in [-0.3, -0.25) is 0 Å². The van der Waals surface area contributed by atoms with Crippen LogP contribution in [0.3, 0.4) is 0 Å². The van der Waals surface area contributed by atoms with E-state index in [2.05, 4.69) is 5.32 Å². The number of carboxylic acids is 1. The maximum atomic E-state index is 10.9. The molecule has 72 valence electrons. The van der Waals surface area contributed by atoms with Crippen molar-refractivity contribution in [3.63, 3.8) is 0 Å². The number of carboxylic acid groups (broad SMARTS) is 1. The van der Waals surface area contributed by atoms with E-state index in [1.807, 2.05) is 0 Å². The minimum absolute atomic E-state index is 0.00269. The summed E-state index contributed by atoms with van der Waals surface area (Å²) in [5.74, 6) is -1.20. The van der Waals surface area contributed by atoms with Crippen molar-refractivity contribution < 1.29 is 19.4 Å². The van der Waals surface area contributed by atoms with Crippen molar-refractivity contribution >= 4 is 17.6 Å². The Hall–Kier alpha value is -2.04. The van der Waals surface area contributed by atoms with Gasteiger partial charge in [0.2, 0.25) is 0 Å². The fraction of sp³-hybridized carbons (Fsp3) is 0.111. The van der Waals surface area contributed by atoms with E-state index in [1.165, 1.54) is 12.1 Å². The fourth-order valence-electron chi connectivity index (χ4n) is 1.30. The van der Waals surface area contributed by atoms with Crippen molar-refractivity contribution in [3.05, 3.63) is 23.8 Å². The molecule has 1 aliphatic rings. The molecule has 2 rings (SSSR count). The van der Waals surface area contributed by atoms with Crippen molar-refractivity contribution in [2.75, 3.05) is 11.9 Å². The van der Waals surface area contributed by atoms with E-state index in [4.69, 9.17) is 9.84 Å². The topological polar surface area (TPSA) is 75.6 Å². The number of ether oxygens (including phenoxy) is 1. The van der Waals surface area contributed by atoms with E-state index < -0.39 is 11.9 Å². The molecular weight excluding hydrogens is 186 g/mol. The Kier molecular flexibility index (Phi) is 1.85.